The molecule has 0 aromatic heterocycles. The van der Waals surface area contributed by atoms with E-state index in [0.29, 0.717) is 5.56 Å². The van der Waals surface area contributed by atoms with Crippen molar-refractivity contribution in [1.82, 2.24) is 16.0 Å². The number of aliphatic imine (C=N–C) groups is 1. The molecular formula is C22H34N8O8. The Balaban J connectivity index is 3.08. The Morgan fingerprint density at radius 1 is 0.868 bits per heavy atom. The van der Waals surface area contributed by atoms with E-state index in [9.17, 15) is 34.2 Å². The van der Waals surface area contributed by atoms with Crippen molar-refractivity contribution in [3.05, 3.63) is 29.8 Å². The molecule has 210 valence electrons. The number of hydrogen-bond donors (Lipinski definition) is 10. The van der Waals surface area contributed by atoms with Crippen LogP contribution < -0.4 is 38.9 Å². The summed E-state index contributed by atoms with van der Waals surface area (Å²) >= 11 is 0. The van der Waals surface area contributed by atoms with Crippen LogP contribution in [0.2, 0.25) is 0 Å². The van der Waals surface area contributed by atoms with E-state index in [1.54, 1.807) is 0 Å². The highest BCUT2D eigenvalue weighted by atomic mass is 16.4. The molecule has 4 atom stereocenters. The normalized spacial score (nSPS) is 13.7. The van der Waals surface area contributed by atoms with Gasteiger partial charge in [0.2, 0.25) is 23.6 Å². The third kappa shape index (κ3) is 11.5. The second kappa shape index (κ2) is 15.6. The van der Waals surface area contributed by atoms with E-state index in [0.717, 1.165) is 0 Å². The summed E-state index contributed by atoms with van der Waals surface area (Å²) in [5.41, 5.74) is 21.7. The highest BCUT2D eigenvalue weighted by Gasteiger charge is 2.31. The fraction of sp³-hybridized carbons (Fsp3) is 0.455. The summed E-state index contributed by atoms with van der Waals surface area (Å²) in [6.45, 7) is -0.644. The lowest BCUT2D eigenvalue weighted by Gasteiger charge is -2.24. The number of nitrogens with one attached hydrogen (secondary N) is 3. The van der Waals surface area contributed by atoms with Gasteiger partial charge in [-0.3, -0.25) is 24.2 Å². The number of phenols is 1. The van der Waals surface area contributed by atoms with Crippen LogP contribution in [0, 0.1) is 0 Å². The van der Waals surface area contributed by atoms with Crippen molar-refractivity contribution in [2.24, 2.45) is 27.9 Å². The minimum Gasteiger partial charge on any atom is -0.508 e. The van der Waals surface area contributed by atoms with Crippen molar-refractivity contribution in [3.63, 3.8) is 0 Å². The third-order valence-electron chi connectivity index (χ3n) is 5.14. The number of guanidine groups is 1. The first-order valence-electron chi connectivity index (χ1n) is 11.5. The molecule has 0 unspecified atom stereocenters. The first-order valence-corrected chi connectivity index (χ1v) is 11.5. The summed E-state index contributed by atoms with van der Waals surface area (Å²) in [6, 6.07) is 0.0632. The van der Waals surface area contributed by atoms with Gasteiger partial charge in [0.25, 0.3) is 0 Å². The number of aliphatic hydroxyl groups is 1. The summed E-state index contributed by atoms with van der Waals surface area (Å²) in [6.07, 6.45) is -0.631. The smallest absolute Gasteiger partial charge is 0.326 e. The number of aliphatic hydroxyl groups excluding tert-OH is 1. The second-order valence-electron chi connectivity index (χ2n) is 8.30. The number of nitrogens with zero attached hydrogens (tertiary/aromatic N) is 1. The predicted molar refractivity (Wildman–Crippen MR) is 134 cm³/mol. The zero-order valence-corrected chi connectivity index (χ0v) is 20.5. The number of carbonyl (C=O) groups is 5. The summed E-state index contributed by atoms with van der Waals surface area (Å²) in [7, 11) is 0. The molecule has 1 rings (SSSR count). The number of primary amides is 1. The van der Waals surface area contributed by atoms with Crippen LogP contribution in [0.3, 0.4) is 0 Å². The summed E-state index contributed by atoms with van der Waals surface area (Å²) in [5.74, 6) is -5.31. The van der Waals surface area contributed by atoms with Gasteiger partial charge >= 0.3 is 5.97 Å². The average Bonchev–Trinajstić information content (AvgIpc) is 2.84. The van der Waals surface area contributed by atoms with Crippen LogP contribution in [0.4, 0.5) is 0 Å². The number of phenolic OH excluding ortho intramolecular Hbond substituents is 1. The van der Waals surface area contributed by atoms with Crippen molar-refractivity contribution in [1.29, 1.82) is 0 Å². The lowest BCUT2D eigenvalue weighted by atomic mass is 10.0. The number of carboxylic acids is 1. The molecule has 0 saturated heterocycles. The summed E-state index contributed by atoms with van der Waals surface area (Å²) in [5, 5.41) is 35.0. The number of hydrogen-bond acceptors (Lipinski definition) is 9. The molecule has 1 aromatic rings. The van der Waals surface area contributed by atoms with Crippen molar-refractivity contribution in [2.45, 2.75) is 49.9 Å². The Morgan fingerprint density at radius 2 is 1.42 bits per heavy atom. The van der Waals surface area contributed by atoms with Crippen LogP contribution in [-0.2, 0) is 30.4 Å². The molecule has 0 fully saturated rings. The van der Waals surface area contributed by atoms with Crippen molar-refractivity contribution < 1.29 is 39.3 Å². The van der Waals surface area contributed by atoms with E-state index in [1.807, 2.05) is 0 Å². The number of rotatable bonds is 16. The van der Waals surface area contributed by atoms with Crippen LogP contribution in [0.5, 0.6) is 5.75 Å². The minimum atomic E-state index is -1.53. The molecule has 16 heteroatoms. The van der Waals surface area contributed by atoms with Gasteiger partial charge in [0.1, 0.15) is 29.9 Å². The first-order chi connectivity index (χ1) is 17.8. The maximum atomic E-state index is 13.0. The zero-order chi connectivity index (χ0) is 28.8. The lowest BCUT2D eigenvalue weighted by Crippen LogP contribution is -2.58. The molecule has 1 aromatic carbocycles. The van der Waals surface area contributed by atoms with E-state index >= 15 is 0 Å². The molecular weight excluding hydrogens is 504 g/mol. The number of amides is 4. The molecule has 4 amide bonds. The van der Waals surface area contributed by atoms with Gasteiger partial charge < -0.3 is 54.2 Å². The Hall–Kier alpha value is -4.44. The summed E-state index contributed by atoms with van der Waals surface area (Å²) < 4.78 is 0. The Kier molecular flexibility index (Phi) is 13.0. The van der Waals surface area contributed by atoms with E-state index in [1.165, 1.54) is 24.3 Å². The molecule has 16 nitrogen and oxygen atoms in total. The quantitative estimate of drug-likeness (QED) is 0.0545. The van der Waals surface area contributed by atoms with Crippen molar-refractivity contribution in [3.8, 4) is 5.75 Å². The van der Waals surface area contributed by atoms with Gasteiger partial charge in [-0.2, -0.15) is 0 Å². The Labute approximate surface area is 217 Å². The average molecular weight is 539 g/mol. The maximum Gasteiger partial charge on any atom is 0.326 e. The monoisotopic (exact) mass is 538 g/mol. The molecule has 14 N–H and O–H groups in total. The van der Waals surface area contributed by atoms with Crippen LogP contribution >= 0.6 is 0 Å². The topological polar surface area (TPSA) is 299 Å². The van der Waals surface area contributed by atoms with E-state index in [4.69, 9.17) is 28.0 Å². The van der Waals surface area contributed by atoms with Crippen molar-refractivity contribution >= 4 is 35.6 Å². The van der Waals surface area contributed by atoms with E-state index in [2.05, 4.69) is 20.9 Å². The molecule has 0 heterocycles. The standard InChI is InChI=1S/C22H34N8O8/c23-13(10-31)18(34)29-15(9-17(24)33)20(36)28-14(2-1-7-27-22(25)26)19(35)30-16(21(37)38)8-11-3-5-12(32)6-4-11/h3-6,13-16,31-32H,1-2,7-10,23H2,(H2,24,33)(H,28,36)(H,29,34)(H,30,35)(H,37,38)(H4,25,26,27)/t13-,14-,15-,16-/m0/s1. The molecule has 0 aliphatic heterocycles. The third-order valence-corrected chi connectivity index (χ3v) is 5.14. The molecule has 38 heavy (non-hydrogen) atoms. The fourth-order valence-electron chi connectivity index (χ4n) is 3.16. The molecule has 0 saturated carbocycles. The van der Waals surface area contributed by atoms with Gasteiger partial charge in [0.15, 0.2) is 5.96 Å². The van der Waals surface area contributed by atoms with E-state index in [-0.39, 0.29) is 37.5 Å². The van der Waals surface area contributed by atoms with Crippen LogP contribution in [-0.4, -0.2) is 88.2 Å². The number of aliphatic carboxylic acids is 1. The largest absolute Gasteiger partial charge is 0.508 e. The maximum absolute atomic E-state index is 13.0. The molecule has 0 aliphatic carbocycles. The van der Waals surface area contributed by atoms with Gasteiger partial charge in [-0.15, -0.1) is 0 Å². The highest BCUT2D eigenvalue weighted by Crippen LogP contribution is 2.12. The Morgan fingerprint density at radius 3 is 1.95 bits per heavy atom. The zero-order valence-electron chi connectivity index (χ0n) is 20.5. The first kappa shape index (κ1) is 31.6. The minimum absolute atomic E-state index is 0.0224. The van der Waals surface area contributed by atoms with Crippen LogP contribution in [0.15, 0.2) is 29.3 Å². The van der Waals surface area contributed by atoms with Crippen molar-refractivity contribution in [2.75, 3.05) is 13.2 Å². The van der Waals surface area contributed by atoms with Gasteiger partial charge in [-0.25, -0.2) is 4.79 Å². The molecule has 0 spiro atoms. The van der Waals surface area contributed by atoms with E-state index < -0.39 is 66.8 Å². The lowest BCUT2D eigenvalue weighted by molar-refractivity contribution is -0.142. The molecule has 0 aliphatic rings. The second-order valence-corrected chi connectivity index (χ2v) is 8.30. The van der Waals surface area contributed by atoms with Crippen LogP contribution in [0.25, 0.3) is 0 Å². The SMILES string of the molecule is NC(=O)C[C@H](NC(=O)[C@@H](N)CO)C(=O)N[C@@H](CCCN=C(N)N)C(=O)N[C@@H](Cc1ccc(O)cc1)C(=O)O. The number of aromatic hydroxyl groups is 1. The highest BCUT2D eigenvalue weighted by molar-refractivity contribution is 5.96. The van der Waals surface area contributed by atoms with Crippen LogP contribution in [0.1, 0.15) is 24.8 Å². The number of carboxylic acid groups (broad SMARTS) is 1. The summed E-state index contributed by atoms with van der Waals surface area (Å²) in [4.78, 5) is 65.0. The number of benzene rings is 1. The van der Waals surface area contributed by atoms with Gasteiger partial charge in [0.05, 0.1) is 13.0 Å². The predicted octanol–water partition coefficient (Wildman–Crippen LogP) is -4.28. The Bertz CT molecular complexity index is 1010. The fourth-order valence-corrected chi connectivity index (χ4v) is 3.16. The molecule has 0 bridgehead atoms. The van der Waals surface area contributed by atoms with Gasteiger partial charge in [-0.1, -0.05) is 12.1 Å². The molecule has 0 radical (unpaired) electrons. The van der Waals surface area contributed by atoms with Gasteiger partial charge in [0, 0.05) is 13.0 Å². The van der Waals surface area contributed by atoms with Gasteiger partial charge in [-0.05, 0) is 30.5 Å². The number of carbonyl (C=O) groups excluding carboxylic acids is 4. The number of nitrogens with two attached hydrogens (primary N) is 4.